The van der Waals surface area contributed by atoms with Crippen LogP contribution in [-0.4, -0.2) is 17.8 Å². The van der Waals surface area contributed by atoms with E-state index in [-0.39, 0.29) is 4.75 Å². The Morgan fingerprint density at radius 1 is 1.00 bits per heavy atom. The Balaban J connectivity index is 1.79. The van der Waals surface area contributed by atoms with Crippen molar-refractivity contribution in [2.24, 2.45) is 0 Å². The van der Waals surface area contributed by atoms with Crippen molar-refractivity contribution >= 4 is 57.4 Å². The van der Waals surface area contributed by atoms with E-state index < -0.39 is 0 Å². The van der Waals surface area contributed by atoms with Crippen LogP contribution in [0.5, 0.6) is 0 Å². The van der Waals surface area contributed by atoms with E-state index in [1.54, 1.807) is 47.2 Å². The highest BCUT2D eigenvalue weighted by atomic mass is 32.3. The Hall–Kier alpha value is -0.730. The van der Waals surface area contributed by atoms with Crippen molar-refractivity contribution in [2.75, 3.05) is 0 Å². The fraction of sp³-hybridized carbons (Fsp3) is 0.250. The molecule has 7 heteroatoms. The predicted octanol–water partition coefficient (Wildman–Crippen LogP) is 6.15. The molecular formula is C16H17N3S4. The summed E-state index contributed by atoms with van der Waals surface area (Å²) in [4.78, 5) is 9.13. The number of rotatable bonds is 5. The first-order valence-electron chi connectivity index (χ1n) is 7.11. The second-order valence-electron chi connectivity index (χ2n) is 5.73. The zero-order valence-electron chi connectivity index (χ0n) is 13.1. The smallest absolute Gasteiger partial charge is 0.167 e. The lowest BCUT2D eigenvalue weighted by atomic mass is 10.3. The minimum absolute atomic E-state index is 0.117. The maximum atomic E-state index is 4.72. The van der Waals surface area contributed by atoms with Crippen molar-refractivity contribution in [3.8, 4) is 0 Å². The van der Waals surface area contributed by atoms with Gasteiger partial charge in [-0.15, -0.1) is 14.5 Å². The molecule has 0 bridgehead atoms. The molecule has 1 aromatic carbocycles. The lowest BCUT2D eigenvalue weighted by Gasteiger charge is -2.25. The highest BCUT2D eigenvalue weighted by Crippen LogP contribution is 2.45. The van der Waals surface area contributed by atoms with Gasteiger partial charge in [-0.3, -0.25) is 0 Å². The predicted molar refractivity (Wildman–Crippen MR) is 105 cm³/mol. The van der Waals surface area contributed by atoms with Crippen molar-refractivity contribution in [1.82, 2.24) is 13.1 Å². The van der Waals surface area contributed by atoms with Gasteiger partial charge in [-0.1, -0.05) is 18.2 Å². The summed E-state index contributed by atoms with van der Waals surface area (Å²) in [7, 11) is 0. The van der Waals surface area contributed by atoms with E-state index in [0.717, 1.165) is 14.9 Å². The second-order valence-corrected chi connectivity index (χ2v) is 11.4. The molecule has 0 unspecified atom stereocenters. The molecular weight excluding hydrogens is 362 g/mol. The fourth-order valence-corrected chi connectivity index (χ4v) is 7.12. The zero-order chi connectivity index (χ0) is 16.3. The van der Waals surface area contributed by atoms with Gasteiger partial charge in [0.1, 0.15) is 5.03 Å². The largest absolute Gasteiger partial charge is 0.249 e. The molecule has 0 amide bonds. The van der Waals surface area contributed by atoms with E-state index >= 15 is 0 Å². The normalized spacial score (nSPS) is 12.2. The summed E-state index contributed by atoms with van der Waals surface area (Å²) < 4.78 is 4.58. The van der Waals surface area contributed by atoms with Crippen LogP contribution in [0.3, 0.4) is 0 Å². The first-order chi connectivity index (χ1) is 11.0. The van der Waals surface area contributed by atoms with Crippen molar-refractivity contribution in [2.45, 2.75) is 34.9 Å². The average molecular weight is 380 g/mol. The maximum absolute atomic E-state index is 4.72. The van der Waals surface area contributed by atoms with Gasteiger partial charge in [-0.05, 0) is 57.0 Å². The average Bonchev–Trinajstić information content (AvgIpc) is 2.88. The van der Waals surface area contributed by atoms with E-state index in [1.165, 1.54) is 4.70 Å². The second kappa shape index (κ2) is 7.44. The molecule has 0 aliphatic rings. The molecule has 0 aliphatic heterocycles. The molecule has 0 N–H and O–H groups in total. The van der Waals surface area contributed by atoms with E-state index in [9.17, 15) is 0 Å². The summed E-state index contributed by atoms with van der Waals surface area (Å²) in [5, 5.41) is 0.984. The van der Waals surface area contributed by atoms with Crippen molar-refractivity contribution < 1.29 is 0 Å². The molecule has 3 rings (SSSR count). The van der Waals surface area contributed by atoms with Crippen molar-refractivity contribution in [1.29, 1.82) is 0 Å². The molecule has 23 heavy (non-hydrogen) atoms. The minimum Gasteiger partial charge on any atom is -0.249 e. The van der Waals surface area contributed by atoms with Gasteiger partial charge < -0.3 is 0 Å². The monoisotopic (exact) mass is 379 g/mol. The first-order valence-corrected chi connectivity index (χ1v) is 10.3. The third-order valence-corrected chi connectivity index (χ3v) is 6.90. The maximum Gasteiger partial charge on any atom is 0.167 e. The number of pyridine rings is 1. The van der Waals surface area contributed by atoms with Crippen LogP contribution < -0.4 is 0 Å². The summed E-state index contributed by atoms with van der Waals surface area (Å²) in [6, 6.07) is 14.2. The molecule has 0 aliphatic carbocycles. The molecule has 2 heterocycles. The van der Waals surface area contributed by atoms with Crippen LogP contribution in [0.2, 0.25) is 0 Å². The lowest BCUT2D eigenvalue weighted by Crippen LogP contribution is -2.13. The van der Waals surface area contributed by atoms with E-state index in [1.807, 2.05) is 30.5 Å². The number of fused-ring (bicyclic) bond motifs is 1. The highest BCUT2D eigenvalue weighted by Gasteiger charge is 2.21. The molecule has 0 saturated carbocycles. The Labute approximate surface area is 153 Å². The van der Waals surface area contributed by atoms with Gasteiger partial charge >= 0.3 is 0 Å². The number of hydrogen-bond acceptors (Lipinski definition) is 7. The number of thiazole rings is 1. The van der Waals surface area contributed by atoms with Gasteiger partial charge in [0.2, 0.25) is 0 Å². The van der Waals surface area contributed by atoms with Crippen LogP contribution in [0.1, 0.15) is 20.8 Å². The van der Waals surface area contributed by atoms with E-state index in [0.29, 0.717) is 0 Å². The molecule has 2 aromatic heterocycles. The number of nitrogens with zero attached hydrogens (tertiary/aromatic N) is 3. The van der Waals surface area contributed by atoms with E-state index in [2.05, 4.69) is 47.1 Å². The highest BCUT2D eigenvalue weighted by molar-refractivity contribution is 8.26. The molecule has 3 aromatic rings. The summed E-state index contributed by atoms with van der Waals surface area (Å²) in [5.41, 5.74) is 1.06. The number of hydrogen-bond donors (Lipinski definition) is 0. The molecule has 3 nitrogen and oxygen atoms in total. The van der Waals surface area contributed by atoms with Crippen LogP contribution in [0.4, 0.5) is 0 Å². The Bertz CT molecular complexity index is 735. The van der Waals surface area contributed by atoms with Gasteiger partial charge in [-0.2, -0.15) is 0 Å². The molecule has 120 valence electrons. The molecule has 0 saturated heterocycles. The Kier molecular flexibility index (Phi) is 5.53. The minimum atomic E-state index is 0.117. The van der Waals surface area contributed by atoms with Gasteiger partial charge in [0.15, 0.2) is 4.34 Å². The number of aromatic nitrogens is 2. The Morgan fingerprint density at radius 2 is 1.78 bits per heavy atom. The number of para-hydroxylation sites is 1. The van der Waals surface area contributed by atoms with Crippen LogP contribution in [-0.2, 0) is 0 Å². The first kappa shape index (κ1) is 17.1. The third kappa shape index (κ3) is 5.12. The van der Waals surface area contributed by atoms with Crippen LogP contribution in [0.25, 0.3) is 10.2 Å². The van der Waals surface area contributed by atoms with E-state index in [4.69, 9.17) is 4.98 Å². The number of benzene rings is 1. The summed E-state index contributed by atoms with van der Waals surface area (Å²) in [6.45, 7) is 6.63. The van der Waals surface area contributed by atoms with Crippen LogP contribution >= 0.6 is 47.2 Å². The molecule has 0 atom stereocenters. The van der Waals surface area contributed by atoms with Gasteiger partial charge in [0.05, 0.1) is 10.2 Å². The van der Waals surface area contributed by atoms with Gasteiger partial charge in [-0.25, -0.2) is 9.97 Å². The quantitative estimate of drug-likeness (QED) is 0.494. The SMILES string of the molecule is CC(C)(C)SN(Sc1ccccn1)Sc1nc2ccccc2s1. The topological polar surface area (TPSA) is 29.0 Å². The summed E-state index contributed by atoms with van der Waals surface area (Å²) in [5.74, 6) is 0. The van der Waals surface area contributed by atoms with Crippen LogP contribution in [0.15, 0.2) is 58.0 Å². The summed E-state index contributed by atoms with van der Waals surface area (Å²) >= 11 is 6.81. The lowest BCUT2D eigenvalue weighted by molar-refractivity contribution is 0.793. The molecule has 0 spiro atoms. The molecule has 0 fully saturated rings. The van der Waals surface area contributed by atoms with Crippen molar-refractivity contribution in [3.05, 3.63) is 48.7 Å². The van der Waals surface area contributed by atoms with Gasteiger partial charge in [0, 0.05) is 34.8 Å². The fourth-order valence-electron chi connectivity index (χ4n) is 1.71. The summed E-state index contributed by atoms with van der Waals surface area (Å²) in [6.07, 6.45) is 1.82. The zero-order valence-corrected chi connectivity index (χ0v) is 16.4. The van der Waals surface area contributed by atoms with Gasteiger partial charge in [0.25, 0.3) is 0 Å². The van der Waals surface area contributed by atoms with Crippen molar-refractivity contribution in [3.63, 3.8) is 0 Å². The Morgan fingerprint density at radius 3 is 2.48 bits per heavy atom. The standard InChI is InChI=1S/C16H17N3S4/c1-16(2,3)23-19(21-14-10-6-7-11-17-14)22-15-18-12-8-4-5-9-13(12)20-15/h4-11H,1-3H3. The molecule has 0 radical (unpaired) electrons. The van der Waals surface area contributed by atoms with Crippen LogP contribution in [0, 0.1) is 0 Å². The third-order valence-electron chi connectivity index (χ3n) is 2.58.